The summed E-state index contributed by atoms with van der Waals surface area (Å²) in [5, 5.41) is 0. The number of isocyanates is 1. The second-order valence-electron chi connectivity index (χ2n) is 1.06. The lowest BCUT2D eigenvalue weighted by molar-refractivity contribution is 0.233. The van der Waals surface area contributed by atoms with E-state index in [0.717, 1.165) is 0 Å². The fraction of sp³-hybridized carbons (Fsp3) is 0.400. The van der Waals surface area contributed by atoms with Crippen LogP contribution >= 0.6 is 0 Å². The molecule has 0 saturated carbocycles. The first-order valence-electron chi connectivity index (χ1n) is 2.12. The van der Waals surface area contributed by atoms with E-state index in [1.165, 1.54) is 12.3 Å². The molecule has 0 fully saturated rings. The van der Waals surface area contributed by atoms with E-state index >= 15 is 0 Å². The van der Waals surface area contributed by atoms with Crippen LogP contribution in [0, 0.1) is 0 Å². The summed E-state index contributed by atoms with van der Waals surface area (Å²) in [6.45, 7) is 0.477. The number of aliphatic imine (C=N–C) groups is 1. The van der Waals surface area contributed by atoms with E-state index in [9.17, 15) is 4.79 Å². The zero-order valence-corrected chi connectivity index (χ0v) is 4.63. The molecule has 0 unspecified atom stereocenters. The van der Waals surface area contributed by atoms with Crippen molar-refractivity contribution in [1.82, 2.24) is 0 Å². The fourth-order valence-electron chi connectivity index (χ4n) is 0.222. The van der Waals surface area contributed by atoms with Crippen LogP contribution < -0.4 is 0 Å². The van der Waals surface area contributed by atoms with Gasteiger partial charge in [-0.25, -0.2) is 4.79 Å². The van der Waals surface area contributed by atoms with Crippen LogP contribution in [-0.2, 0) is 9.53 Å². The molecular formula is C5H7NO2. The Hall–Kier alpha value is -0.920. The number of nitrogens with zero attached hydrogens (tertiary/aromatic N) is 1. The molecule has 3 nitrogen and oxygen atoms in total. The van der Waals surface area contributed by atoms with Gasteiger partial charge in [-0.05, 0) is 6.08 Å². The summed E-state index contributed by atoms with van der Waals surface area (Å²) in [5.74, 6) is 0. The number of hydrogen-bond donors (Lipinski definition) is 0. The molecule has 0 bridgehead atoms. The Kier molecular flexibility index (Phi) is 5.38. The number of methoxy groups -OCH3 is 1. The molecule has 0 aromatic rings. The Balaban J connectivity index is 3.20. The van der Waals surface area contributed by atoms with Gasteiger partial charge >= 0.3 is 0 Å². The third kappa shape index (κ3) is 5.08. The zero-order chi connectivity index (χ0) is 6.24. The van der Waals surface area contributed by atoms with Gasteiger partial charge < -0.3 is 4.74 Å². The van der Waals surface area contributed by atoms with Crippen LogP contribution in [0.5, 0.6) is 0 Å². The summed E-state index contributed by atoms with van der Waals surface area (Å²) in [7, 11) is 1.56. The Labute approximate surface area is 47.7 Å². The van der Waals surface area contributed by atoms with Crippen molar-refractivity contribution < 1.29 is 9.53 Å². The van der Waals surface area contributed by atoms with Gasteiger partial charge in [-0.2, -0.15) is 4.99 Å². The fourth-order valence-corrected chi connectivity index (χ4v) is 0.222. The van der Waals surface area contributed by atoms with E-state index in [0.29, 0.717) is 6.61 Å². The molecule has 0 amide bonds. The first-order valence-corrected chi connectivity index (χ1v) is 2.12. The van der Waals surface area contributed by atoms with Crippen LogP contribution in [-0.4, -0.2) is 19.8 Å². The summed E-state index contributed by atoms with van der Waals surface area (Å²) in [5.41, 5.74) is 0. The second kappa shape index (κ2) is 6.08. The van der Waals surface area contributed by atoms with E-state index in [1.54, 1.807) is 13.2 Å². The molecule has 44 valence electrons. The second-order valence-corrected chi connectivity index (χ2v) is 1.06. The molecular weight excluding hydrogens is 106 g/mol. The maximum absolute atomic E-state index is 9.38. The molecule has 0 radical (unpaired) electrons. The molecule has 0 N–H and O–H groups in total. The predicted molar refractivity (Wildman–Crippen MR) is 29.1 cm³/mol. The maximum atomic E-state index is 9.38. The van der Waals surface area contributed by atoms with Gasteiger partial charge in [0.05, 0.1) is 6.61 Å². The SMILES string of the molecule is COC/C=C/N=C=O. The third-order valence-electron chi connectivity index (χ3n) is 0.496. The predicted octanol–water partition coefficient (Wildman–Crippen LogP) is 0.482. The van der Waals surface area contributed by atoms with Crippen LogP contribution in [0.4, 0.5) is 0 Å². The topological polar surface area (TPSA) is 38.7 Å². The van der Waals surface area contributed by atoms with Crippen molar-refractivity contribution in [3.05, 3.63) is 12.3 Å². The molecule has 0 rings (SSSR count). The van der Waals surface area contributed by atoms with Gasteiger partial charge in [0, 0.05) is 13.3 Å². The molecule has 8 heavy (non-hydrogen) atoms. The smallest absolute Gasteiger partial charge is 0.239 e. The van der Waals surface area contributed by atoms with Gasteiger partial charge in [0.25, 0.3) is 0 Å². The highest BCUT2D eigenvalue weighted by atomic mass is 16.5. The van der Waals surface area contributed by atoms with E-state index in [4.69, 9.17) is 0 Å². The zero-order valence-electron chi connectivity index (χ0n) is 4.63. The van der Waals surface area contributed by atoms with E-state index < -0.39 is 0 Å². The Bertz CT molecular complexity index is 114. The molecule has 0 atom stereocenters. The Morgan fingerprint density at radius 3 is 3.12 bits per heavy atom. The molecule has 0 aliphatic heterocycles. The molecule has 0 saturated heterocycles. The molecule has 0 aliphatic carbocycles. The first-order chi connectivity index (χ1) is 3.91. The van der Waals surface area contributed by atoms with Crippen molar-refractivity contribution in [2.75, 3.05) is 13.7 Å². The Morgan fingerprint density at radius 1 is 1.88 bits per heavy atom. The van der Waals surface area contributed by atoms with Gasteiger partial charge in [-0.1, -0.05) is 0 Å². The highest BCUT2D eigenvalue weighted by molar-refractivity contribution is 5.34. The van der Waals surface area contributed by atoms with E-state index in [1.807, 2.05) is 0 Å². The van der Waals surface area contributed by atoms with Crippen molar-refractivity contribution in [2.24, 2.45) is 4.99 Å². The lowest BCUT2D eigenvalue weighted by Gasteiger charge is -1.81. The quantitative estimate of drug-likeness (QED) is 0.394. The van der Waals surface area contributed by atoms with Gasteiger partial charge in [0.15, 0.2) is 0 Å². The summed E-state index contributed by atoms with van der Waals surface area (Å²) in [4.78, 5) is 12.5. The van der Waals surface area contributed by atoms with E-state index in [-0.39, 0.29) is 0 Å². The van der Waals surface area contributed by atoms with Gasteiger partial charge in [0.2, 0.25) is 6.08 Å². The van der Waals surface area contributed by atoms with Crippen LogP contribution in [0.3, 0.4) is 0 Å². The monoisotopic (exact) mass is 113 g/mol. The number of hydrogen-bond acceptors (Lipinski definition) is 3. The largest absolute Gasteiger partial charge is 0.381 e. The summed E-state index contributed by atoms with van der Waals surface area (Å²) < 4.78 is 4.61. The highest BCUT2D eigenvalue weighted by Gasteiger charge is 1.66. The van der Waals surface area contributed by atoms with Crippen LogP contribution in [0.25, 0.3) is 0 Å². The average Bonchev–Trinajstić information content (AvgIpc) is 1.81. The summed E-state index contributed by atoms with van der Waals surface area (Å²) >= 11 is 0. The van der Waals surface area contributed by atoms with Gasteiger partial charge in [-0.15, -0.1) is 0 Å². The number of carbonyl (C=O) groups excluding carboxylic acids is 1. The van der Waals surface area contributed by atoms with Crippen molar-refractivity contribution in [2.45, 2.75) is 0 Å². The lowest BCUT2D eigenvalue weighted by atomic mass is 10.7. The molecule has 0 aliphatic rings. The van der Waals surface area contributed by atoms with Crippen LogP contribution in [0.15, 0.2) is 17.3 Å². The summed E-state index contributed by atoms with van der Waals surface area (Å²) in [6.07, 6.45) is 4.32. The number of ether oxygens (including phenoxy) is 1. The molecule has 0 heterocycles. The van der Waals surface area contributed by atoms with Gasteiger partial charge in [0.1, 0.15) is 0 Å². The molecule has 0 aromatic carbocycles. The minimum atomic E-state index is 0.477. The maximum Gasteiger partial charge on any atom is 0.239 e. The van der Waals surface area contributed by atoms with Crippen molar-refractivity contribution in [3.63, 3.8) is 0 Å². The summed E-state index contributed by atoms with van der Waals surface area (Å²) in [6, 6.07) is 0. The molecule has 0 spiro atoms. The number of rotatable bonds is 3. The van der Waals surface area contributed by atoms with E-state index in [2.05, 4.69) is 9.73 Å². The van der Waals surface area contributed by atoms with Crippen LogP contribution in [0.2, 0.25) is 0 Å². The van der Waals surface area contributed by atoms with Crippen LogP contribution in [0.1, 0.15) is 0 Å². The van der Waals surface area contributed by atoms with Crippen molar-refractivity contribution >= 4 is 6.08 Å². The minimum Gasteiger partial charge on any atom is -0.381 e. The lowest BCUT2D eigenvalue weighted by Crippen LogP contribution is -1.78. The Morgan fingerprint density at radius 2 is 2.62 bits per heavy atom. The molecule has 0 aromatic heterocycles. The minimum absolute atomic E-state index is 0.477. The standard InChI is InChI=1S/C5H7NO2/c1-8-4-2-3-6-5-7/h2-3H,4H2,1H3/b3-2+. The van der Waals surface area contributed by atoms with Crippen molar-refractivity contribution in [1.29, 1.82) is 0 Å². The first kappa shape index (κ1) is 7.08. The average molecular weight is 113 g/mol. The normalized spacial score (nSPS) is 9.12. The van der Waals surface area contributed by atoms with Gasteiger partial charge in [-0.3, -0.25) is 0 Å². The highest BCUT2D eigenvalue weighted by Crippen LogP contribution is 1.72. The van der Waals surface area contributed by atoms with Crippen molar-refractivity contribution in [3.8, 4) is 0 Å². The third-order valence-corrected chi connectivity index (χ3v) is 0.496. The molecule has 3 heteroatoms.